The minimum absolute atomic E-state index is 0.0338. The molecule has 1 aromatic rings. The van der Waals surface area contributed by atoms with Gasteiger partial charge in [-0.2, -0.15) is 0 Å². The zero-order valence-corrected chi connectivity index (χ0v) is 12.3. The van der Waals surface area contributed by atoms with Crippen molar-refractivity contribution in [1.29, 1.82) is 0 Å². The lowest BCUT2D eigenvalue weighted by Gasteiger charge is -2.25. The Bertz CT molecular complexity index is 515. The molecule has 1 heterocycles. The average molecular weight is 277 g/mol. The number of aryl methyl sites for hydroxylation is 1. The van der Waals surface area contributed by atoms with Gasteiger partial charge < -0.3 is 9.30 Å². The van der Waals surface area contributed by atoms with Crippen LogP contribution in [-0.4, -0.2) is 16.6 Å². The van der Waals surface area contributed by atoms with Crippen molar-refractivity contribution < 1.29 is 9.53 Å². The van der Waals surface area contributed by atoms with Crippen molar-refractivity contribution in [3.05, 3.63) is 34.2 Å². The zero-order valence-electron chi connectivity index (χ0n) is 12.3. The summed E-state index contributed by atoms with van der Waals surface area (Å²) in [7, 11) is 0. The number of nitrogens with zero attached hydrogens (tertiary/aromatic N) is 1. The Kier molecular flexibility index (Phi) is 4.99. The van der Waals surface area contributed by atoms with Crippen LogP contribution in [0.2, 0.25) is 0 Å². The largest absolute Gasteiger partial charge is 0.461 e. The molecular formula is C16H23NO3. The molecule has 1 aliphatic carbocycles. The molecule has 2 rings (SSSR count). The highest BCUT2D eigenvalue weighted by atomic mass is 16.5. The third-order valence-corrected chi connectivity index (χ3v) is 3.93. The first-order chi connectivity index (χ1) is 9.61. The molecule has 1 unspecified atom stereocenters. The molecule has 1 saturated carbocycles. The van der Waals surface area contributed by atoms with Gasteiger partial charge >= 0.3 is 5.97 Å². The van der Waals surface area contributed by atoms with Gasteiger partial charge in [0.15, 0.2) is 0 Å². The molecular weight excluding hydrogens is 254 g/mol. The Morgan fingerprint density at radius 1 is 1.40 bits per heavy atom. The van der Waals surface area contributed by atoms with Gasteiger partial charge in [0, 0.05) is 12.3 Å². The molecule has 0 N–H and O–H groups in total. The Hall–Kier alpha value is -1.58. The van der Waals surface area contributed by atoms with Gasteiger partial charge in [-0.05, 0) is 50.7 Å². The molecule has 0 radical (unpaired) electrons. The van der Waals surface area contributed by atoms with Crippen molar-refractivity contribution in [3.63, 3.8) is 0 Å². The second kappa shape index (κ2) is 6.73. The van der Waals surface area contributed by atoms with Gasteiger partial charge in [-0.25, -0.2) is 4.79 Å². The van der Waals surface area contributed by atoms with Gasteiger partial charge in [0.2, 0.25) is 0 Å². The first kappa shape index (κ1) is 14.8. The fourth-order valence-corrected chi connectivity index (χ4v) is 2.75. The zero-order chi connectivity index (χ0) is 14.5. The number of pyridine rings is 1. The summed E-state index contributed by atoms with van der Waals surface area (Å²) in [6.07, 6.45) is 7.66. The molecule has 0 bridgehead atoms. The Morgan fingerprint density at radius 2 is 2.10 bits per heavy atom. The van der Waals surface area contributed by atoms with Gasteiger partial charge in [-0.3, -0.25) is 4.79 Å². The minimum atomic E-state index is -0.509. The number of aromatic nitrogens is 1. The van der Waals surface area contributed by atoms with Crippen LogP contribution in [0.3, 0.4) is 0 Å². The van der Waals surface area contributed by atoms with Crippen LogP contribution in [-0.2, 0) is 9.53 Å². The molecule has 1 atom stereocenters. The third kappa shape index (κ3) is 3.50. The molecule has 1 aromatic heterocycles. The number of carbonyl (C=O) groups excluding carboxylic acids is 1. The lowest BCUT2D eigenvalue weighted by atomic mass is 9.98. The van der Waals surface area contributed by atoms with Gasteiger partial charge in [-0.1, -0.05) is 13.3 Å². The van der Waals surface area contributed by atoms with Crippen molar-refractivity contribution >= 4 is 5.97 Å². The summed E-state index contributed by atoms with van der Waals surface area (Å²) in [6.45, 7) is 3.77. The molecule has 4 heteroatoms. The van der Waals surface area contributed by atoms with Crippen LogP contribution in [0.25, 0.3) is 0 Å². The number of hydrogen-bond acceptors (Lipinski definition) is 3. The fourth-order valence-electron chi connectivity index (χ4n) is 2.75. The van der Waals surface area contributed by atoms with E-state index in [2.05, 4.69) is 0 Å². The number of rotatable bonds is 4. The highest BCUT2D eigenvalue weighted by Gasteiger charge is 2.25. The Balaban J connectivity index is 2.10. The van der Waals surface area contributed by atoms with Gasteiger partial charge in [0.05, 0.1) is 0 Å². The first-order valence-corrected chi connectivity index (χ1v) is 7.51. The molecule has 110 valence electrons. The number of esters is 1. The predicted molar refractivity (Wildman–Crippen MR) is 77.7 cm³/mol. The predicted octanol–water partition coefficient (Wildman–Crippen LogP) is 2.98. The van der Waals surface area contributed by atoms with Crippen molar-refractivity contribution in [2.45, 2.75) is 64.5 Å². The number of ether oxygens (including phenoxy) is 1. The Labute approximate surface area is 119 Å². The van der Waals surface area contributed by atoms with E-state index in [4.69, 9.17) is 4.74 Å². The highest BCUT2D eigenvalue weighted by molar-refractivity contribution is 5.74. The van der Waals surface area contributed by atoms with Crippen LogP contribution in [0, 0.1) is 6.92 Å². The Morgan fingerprint density at radius 3 is 2.70 bits per heavy atom. The first-order valence-electron chi connectivity index (χ1n) is 7.51. The molecule has 0 saturated heterocycles. The van der Waals surface area contributed by atoms with E-state index in [0.717, 1.165) is 31.2 Å². The third-order valence-electron chi connectivity index (χ3n) is 3.93. The summed E-state index contributed by atoms with van der Waals surface area (Å²) < 4.78 is 7.07. The van der Waals surface area contributed by atoms with Crippen LogP contribution < -0.4 is 5.56 Å². The standard InChI is InChI=1S/C16H23NO3/c1-3-14(17-10-9-12(2)11-15(17)18)16(19)20-13-7-5-4-6-8-13/h9-11,13-14H,3-8H2,1-2H3. The van der Waals surface area contributed by atoms with Crippen LogP contribution in [0.5, 0.6) is 0 Å². The van der Waals surface area contributed by atoms with E-state index in [1.165, 1.54) is 11.0 Å². The van der Waals surface area contributed by atoms with Crippen molar-refractivity contribution in [1.82, 2.24) is 4.57 Å². The maximum absolute atomic E-state index is 12.3. The van der Waals surface area contributed by atoms with Gasteiger partial charge in [0.25, 0.3) is 5.56 Å². The van der Waals surface area contributed by atoms with Gasteiger partial charge in [-0.15, -0.1) is 0 Å². The van der Waals surface area contributed by atoms with E-state index in [1.807, 2.05) is 19.9 Å². The molecule has 1 fully saturated rings. The summed E-state index contributed by atoms with van der Waals surface area (Å²) in [4.78, 5) is 24.3. The molecule has 0 spiro atoms. The SMILES string of the molecule is CCC(C(=O)OC1CCCCC1)n1ccc(C)cc1=O. The molecule has 0 aromatic carbocycles. The quantitative estimate of drug-likeness (QED) is 0.795. The smallest absolute Gasteiger partial charge is 0.329 e. The normalized spacial score (nSPS) is 17.7. The van der Waals surface area contributed by atoms with Crippen LogP contribution in [0.15, 0.2) is 23.1 Å². The highest BCUT2D eigenvalue weighted by Crippen LogP contribution is 2.22. The fraction of sp³-hybridized carbons (Fsp3) is 0.625. The summed E-state index contributed by atoms with van der Waals surface area (Å²) in [5.74, 6) is -0.273. The molecule has 0 amide bonds. The summed E-state index contributed by atoms with van der Waals surface area (Å²) in [5.41, 5.74) is 0.763. The monoisotopic (exact) mass is 277 g/mol. The van der Waals surface area contributed by atoms with Crippen molar-refractivity contribution in [3.8, 4) is 0 Å². The van der Waals surface area contributed by atoms with E-state index in [-0.39, 0.29) is 17.6 Å². The summed E-state index contributed by atoms with van der Waals surface area (Å²) in [6, 6.07) is 2.89. The second-order valence-corrected chi connectivity index (χ2v) is 5.57. The maximum atomic E-state index is 12.3. The number of hydrogen-bond donors (Lipinski definition) is 0. The van der Waals surface area contributed by atoms with Crippen molar-refractivity contribution in [2.75, 3.05) is 0 Å². The lowest BCUT2D eigenvalue weighted by Crippen LogP contribution is -2.32. The lowest BCUT2D eigenvalue weighted by molar-refractivity contribution is -0.154. The summed E-state index contributed by atoms with van der Waals surface area (Å²) in [5, 5.41) is 0. The second-order valence-electron chi connectivity index (χ2n) is 5.57. The van der Waals surface area contributed by atoms with Crippen LogP contribution in [0.1, 0.15) is 57.1 Å². The minimum Gasteiger partial charge on any atom is -0.461 e. The summed E-state index contributed by atoms with van der Waals surface area (Å²) >= 11 is 0. The average Bonchev–Trinajstić information content (AvgIpc) is 2.43. The molecule has 0 aliphatic heterocycles. The topological polar surface area (TPSA) is 48.3 Å². The molecule has 20 heavy (non-hydrogen) atoms. The van der Waals surface area contributed by atoms with E-state index in [0.29, 0.717) is 6.42 Å². The van der Waals surface area contributed by atoms with Gasteiger partial charge in [0.1, 0.15) is 12.1 Å². The van der Waals surface area contributed by atoms with Crippen LogP contribution >= 0.6 is 0 Å². The maximum Gasteiger partial charge on any atom is 0.329 e. The van der Waals surface area contributed by atoms with Crippen LogP contribution in [0.4, 0.5) is 0 Å². The molecule has 1 aliphatic rings. The van der Waals surface area contributed by atoms with E-state index < -0.39 is 6.04 Å². The number of carbonyl (C=O) groups is 1. The van der Waals surface area contributed by atoms with E-state index >= 15 is 0 Å². The van der Waals surface area contributed by atoms with Crippen molar-refractivity contribution in [2.24, 2.45) is 0 Å². The molecule has 4 nitrogen and oxygen atoms in total. The van der Waals surface area contributed by atoms with E-state index in [9.17, 15) is 9.59 Å². The van der Waals surface area contributed by atoms with E-state index in [1.54, 1.807) is 12.3 Å².